The lowest BCUT2D eigenvalue weighted by molar-refractivity contribution is -0.138. The van der Waals surface area contributed by atoms with Crippen molar-refractivity contribution in [2.24, 2.45) is 0 Å². The lowest BCUT2D eigenvalue weighted by Gasteiger charge is -2.34. The Balaban J connectivity index is 0.000000471. The van der Waals surface area contributed by atoms with Crippen molar-refractivity contribution in [2.75, 3.05) is 55.8 Å². The first-order valence-electron chi connectivity index (χ1n) is 19.7. The summed E-state index contributed by atoms with van der Waals surface area (Å²) in [4.78, 5) is 17.0. The van der Waals surface area contributed by atoms with E-state index in [0.717, 1.165) is 44.4 Å². The summed E-state index contributed by atoms with van der Waals surface area (Å²) in [6, 6.07) is 6.87. The molecule has 11 nitrogen and oxygen atoms in total. The molecular weight excluding hydrogens is 799 g/mol. The van der Waals surface area contributed by atoms with Gasteiger partial charge in [0.2, 0.25) is 0 Å². The van der Waals surface area contributed by atoms with Gasteiger partial charge in [0.05, 0.1) is 40.9 Å². The number of anilines is 3. The number of hydrogen-bond acceptors (Lipinski definition) is 12. The van der Waals surface area contributed by atoms with Crippen LogP contribution in [-0.4, -0.2) is 77.6 Å². The van der Waals surface area contributed by atoms with Crippen molar-refractivity contribution in [3.8, 4) is 29.0 Å². The summed E-state index contributed by atoms with van der Waals surface area (Å²) < 4.78 is 108. The second-order valence-electron chi connectivity index (χ2n) is 15.0. The van der Waals surface area contributed by atoms with Crippen LogP contribution in [0.5, 0.6) is 11.8 Å². The van der Waals surface area contributed by atoms with E-state index in [1.807, 2.05) is 6.07 Å². The topological polar surface area (TPSA) is 149 Å². The minimum Gasteiger partial charge on any atom is -0.490 e. The van der Waals surface area contributed by atoms with Crippen molar-refractivity contribution in [3.05, 3.63) is 58.8 Å². The van der Waals surface area contributed by atoms with Crippen LogP contribution in [-0.2, 0) is 10.9 Å². The fourth-order valence-electron chi connectivity index (χ4n) is 8.60. The fourth-order valence-corrected chi connectivity index (χ4v) is 9.55. The molecule has 2 unspecified atom stereocenters. The van der Waals surface area contributed by atoms with Gasteiger partial charge in [-0.05, 0) is 76.1 Å². The molecule has 6 heterocycles. The number of alkyl halides is 4. The number of fused-ring (bicyclic) bond motifs is 2. The number of nitrogens with zero attached hydrogens (tertiary/aromatic N) is 6. The van der Waals surface area contributed by atoms with E-state index in [-0.39, 0.29) is 69.5 Å². The minimum absolute atomic E-state index is 0.00345. The Labute approximate surface area is 339 Å². The second-order valence-corrected chi connectivity index (χ2v) is 16.1. The first-order valence-corrected chi connectivity index (χ1v) is 20.5. The largest absolute Gasteiger partial charge is 0.490 e. The monoisotopic (exact) mass is 840 g/mol. The van der Waals surface area contributed by atoms with Crippen LogP contribution < -0.4 is 25.8 Å². The van der Waals surface area contributed by atoms with Gasteiger partial charge in [0.1, 0.15) is 58.1 Å². The summed E-state index contributed by atoms with van der Waals surface area (Å²) in [5.41, 5.74) is 9.26. The molecule has 0 radical (unpaired) electrons. The number of hydrogen-bond donors (Lipinski definition) is 2. The van der Waals surface area contributed by atoms with Gasteiger partial charge in [-0.25, -0.2) is 18.2 Å². The standard InChI is InChI=1S/C34H30F5N7O3S.C7H12FN/c1-2-47-33-44-27-24-28(25(34(37,38)39)23(26(27)36)18-8-9-20(35)29-22(18)19(15-40)31(42)50-29)49-14-12-46(32(24)45-33)21(10-13-48-16-5-3-6-16)17-7-4-11-43-30(17)41;8-6-4-7-2-1-3-9(7)5-6/h4,7-9,11,16,21H,2-3,5-6,10,12-14,42H2,1H3,(H2,41,43);6-7H,1-5H2/t21-;/m1./s1. The van der Waals surface area contributed by atoms with E-state index >= 15 is 17.6 Å². The third-order valence-corrected chi connectivity index (χ3v) is 12.5. The molecule has 1 saturated carbocycles. The van der Waals surface area contributed by atoms with E-state index < -0.39 is 58.0 Å². The lowest BCUT2D eigenvalue weighted by Crippen LogP contribution is -2.34. The van der Waals surface area contributed by atoms with Crippen LogP contribution in [0.2, 0.25) is 0 Å². The zero-order valence-electron chi connectivity index (χ0n) is 32.1. The highest BCUT2D eigenvalue weighted by Gasteiger charge is 2.44. The predicted octanol–water partition coefficient (Wildman–Crippen LogP) is 8.73. The van der Waals surface area contributed by atoms with Gasteiger partial charge in [-0.3, -0.25) is 4.90 Å². The van der Waals surface area contributed by atoms with Gasteiger partial charge in [-0.1, -0.05) is 12.1 Å². The van der Waals surface area contributed by atoms with Gasteiger partial charge < -0.3 is 30.6 Å². The van der Waals surface area contributed by atoms with Crippen LogP contribution in [0.25, 0.3) is 32.1 Å². The van der Waals surface area contributed by atoms with Crippen molar-refractivity contribution in [1.29, 1.82) is 5.26 Å². The van der Waals surface area contributed by atoms with E-state index in [1.165, 1.54) is 19.0 Å². The third-order valence-electron chi connectivity index (χ3n) is 11.5. The molecule has 3 fully saturated rings. The highest BCUT2D eigenvalue weighted by atomic mass is 32.1. The van der Waals surface area contributed by atoms with E-state index in [0.29, 0.717) is 42.5 Å². The number of thiophene rings is 1. The van der Waals surface area contributed by atoms with Gasteiger partial charge in [-0.15, -0.1) is 11.3 Å². The molecule has 9 rings (SSSR count). The van der Waals surface area contributed by atoms with Crippen molar-refractivity contribution in [2.45, 2.75) is 82.4 Å². The first-order chi connectivity index (χ1) is 28.4. The van der Waals surface area contributed by atoms with Crippen LogP contribution in [0.15, 0.2) is 30.5 Å². The Kier molecular flexibility index (Phi) is 11.4. The van der Waals surface area contributed by atoms with Crippen LogP contribution >= 0.6 is 11.3 Å². The quantitative estimate of drug-likeness (QED) is 0.137. The van der Waals surface area contributed by atoms with E-state index in [1.54, 1.807) is 24.0 Å². The molecule has 59 heavy (non-hydrogen) atoms. The zero-order valence-corrected chi connectivity index (χ0v) is 32.9. The average molecular weight is 841 g/mol. The SMILES string of the molecule is CCOc1nc2c3c(c(C(F)(F)F)c(-c4ccc(F)c5sc(N)c(C#N)c45)c(F)c3n1)OCCN2[C@H](CCOC1CCC1)c1cccnc1N.FC1CC2CCCN2C1. The van der Waals surface area contributed by atoms with Gasteiger partial charge >= 0.3 is 12.2 Å². The molecular formula is C41H42F6N8O3S. The summed E-state index contributed by atoms with van der Waals surface area (Å²) in [6.45, 7) is 3.60. The number of nitriles is 1. The average Bonchev–Trinajstić information content (AvgIpc) is 3.83. The fraction of sp³-hybridized carbons (Fsp3) is 0.463. The van der Waals surface area contributed by atoms with E-state index in [2.05, 4.69) is 19.9 Å². The molecule has 4 aliphatic rings. The second kappa shape index (κ2) is 16.5. The molecule has 3 atom stereocenters. The number of pyridine rings is 1. The molecule has 0 spiro atoms. The summed E-state index contributed by atoms with van der Waals surface area (Å²) in [6.07, 6.45) is 2.53. The molecule has 2 aromatic carbocycles. The summed E-state index contributed by atoms with van der Waals surface area (Å²) >= 11 is 0.681. The Morgan fingerprint density at radius 1 is 1.08 bits per heavy atom. The number of nitrogens with two attached hydrogens (primary N) is 2. The maximum absolute atomic E-state index is 17.2. The molecule has 4 N–H and O–H groups in total. The Morgan fingerprint density at radius 2 is 1.90 bits per heavy atom. The molecule has 3 aromatic heterocycles. The number of rotatable bonds is 9. The van der Waals surface area contributed by atoms with Crippen molar-refractivity contribution in [1.82, 2.24) is 19.9 Å². The number of nitrogen functional groups attached to an aromatic ring is 2. The number of aromatic nitrogens is 3. The van der Waals surface area contributed by atoms with Crippen LogP contribution in [0.1, 0.15) is 74.6 Å². The Morgan fingerprint density at radius 3 is 2.59 bits per heavy atom. The van der Waals surface area contributed by atoms with E-state index in [4.69, 9.17) is 25.7 Å². The molecule has 3 aliphatic heterocycles. The first kappa shape index (κ1) is 40.7. The number of ether oxygens (including phenoxy) is 3. The summed E-state index contributed by atoms with van der Waals surface area (Å²) in [5, 5.41) is 9.15. The highest BCUT2D eigenvalue weighted by molar-refractivity contribution is 7.23. The molecule has 1 aliphatic carbocycles. The highest BCUT2D eigenvalue weighted by Crippen LogP contribution is 2.54. The van der Waals surface area contributed by atoms with Gasteiger partial charge in [0, 0.05) is 41.9 Å². The predicted molar refractivity (Wildman–Crippen MR) is 212 cm³/mol. The zero-order chi connectivity index (χ0) is 41.6. The van der Waals surface area contributed by atoms with Gasteiger partial charge in [-0.2, -0.15) is 28.4 Å². The molecule has 0 bridgehead atoms. The van der Waals surface area contributed by atoms with Gasteiger partial charge in [0.25, 0.3) is 0 Å². The normalized spacial score (nSPS) is 19.7. The minimum atomic E-state index is -5.20. The maximum atomic E-state index is 17.2. The lowest BCUT2D eigenvalue weighted by atomic mass is 9.91. The van der Waals surface area contributed by atoms with Crippen LogP contribution in [0.3, 0.4) is 0 Å². The summed E-state index contributed by atoms with van der Waals surface area (Å²) in [7, 11) is 0. The number of benzene rings is 2. The van der Waals surface area contributed by atoms with Crippen LogP contribution in [0, 0.1) is 23.0 Å². The van der Waals surface area contributed by atoms with E-state index in [9.17, 15) is 14.0 Å². The third kappa shape index (κ3) is 7.64. The molecule has 2 saturated heterocycles. The van der Waals surface area contributed by atoms with Crippen molar-refractivity contribution >= 4 is 49.0 Å². The Hall–Kier alpha value is -5.12. The van der Waals surface area contributed by atoms with Crippen LogP contribution in [0.4, 0.5) is 43.0 Å². The van der Waals surface area contributed by atoms with Gasteiger partial charge in [0.15, 0.2) is 5.82 Å². The van der Waals surface area contributed by atoms with Crippen molar-refractivity contribution in [3.63, 3.8) is 0 Å². The Bertz CT molecular complexity index is 2410. The molecule has 312 valence electrons. The molecule has 18 heteroatoms. The molecule has 0 amide bonds. The maximum Gasteiger partial charge on any atom is 0.420 e. The van der Waals surface area contributed by atoms with Crippen molar-refractivity contribution < 1.29 is 40.6 Å². The summed E-state index contributed by atoms with van der Waals surface area (Å²) in [5.74, 6) is -2.80. The smallest absolute Gasteiger partial charge is 0.420 e. The number of halogens is 6. The molecule has 5 aromatic rings.